The number of hydrogen-bond donors (Lipinski definition) is 4. The predicted molar refractivity (Wildman–Crippen MR) is 129 cm³/mol. The van der Waals surface area contributed by atoms with Crippen molar-refractivity contribution >= 4 is 17.6 Å². The van der Waals surface area contributed by atoms with Crippen molar-refractivity contribution in [1.29, 1.82) is 0 Å². The quantitative estimate of drug-likeness (QED) is 0.359. The average molecular weight is 440 g/mol. The minimum absolute atomic E-state index is 0.148. The molecular formula is C25H37N5O2. The molecule has 2 rings (SSSR count). The fourth-order valence-corrected chi connectivity index (χ4v) is 3.44. The van der Waals surface area contributed by atoms with Gasteiger partial charge in [0.15, 0.2) is 0 Å². The number of anilines is 1. The van der Waals surface area contributed by atoms with Crippen molar-refractivity contribution < 1.29 is 9.59 Å². The first-order valence-corrected chi connectivity index (χ1v) is 11.5. The van der Waals surface area contributed by atoms with Crippen LogP contribution in [0.15, 0.2) is 42.5 Å². The second kappa shape index (κ2) is 13.5. The second-order valence-electron chi connectivity index (χ2n) is 8.17. The first-order valence-electron chi connectivity index (χ1n) is 11.5. The number of rotatable bonds is 13. The van der Waals surface area contributed by atoms with Crippen LogP contribution in [0.2, 0.25) is 0 Å². The van der Waals surface area contributed by atoms with E-state index >= 15 is 0 Å². The number of nitrogens with two attached hydrogens (primary N) is 1. The number of pyridine rings is 1. The van der Waals surface area contributed by atoms with Crippen molar-refractivity contribution in [2.24, 2.45) is 0 Å². The molecule has 1 aromatic heterocycles. The second-order valence-corrected chi connectivity index (χ2v) is 8.17. The molecule has 0 aliphatic heterocycles. The van der Waals surface area contributed by atoms with Gasteiger partial charge in [0.25, 0.3) is 0 Å². The van der Waals surface area contributed by atoms with Gasteiger partial charge in [-0.2, -0.15) is 0 Å². The maximum Gasteiger partial charge on any atom is 0.242 e. The standard InChI is InChI=1S/C25H37N5O2/c1-4-5-9-16-27-22(14-12-20-10-7-6-8-11-20)25(32)30-19(3)24(31)28-17-21-13-15-23(26)29-18(21)2/h6-8,10-11,13,15,19,22,27H,4-5,9,12,14,16-17H2,1-3H3,(H2,26,29)(H,28,31)(H,30,32). The highest BCUT2D eigenvalue weighted by Gasteiger charge is 2.22. The lowest BCUT2D eigenvalue weighted by Gasteiger charge is -2.21. The first kappa shape index (κ1) is 25.3. The molecule has 0 aliphatic carbocycles. The first-order chi connectivity index (χ1) is 15.4. The molecular weight excluding hydrogens is 402 g/mol. The zero-order valence-corrected chi connectivity index (χ0v) is 19.5. The summed E-state index contributed by atoms with van der Waals surface area (Å²) in [4.78, 5) is 29.7. The highest BCUT2D eigenvalue weighted by molar-refractivity contribution is 5.89. The molecule has 32 heavy (non-hydrogen) atoms. The molecule has 0 fully saturated rings. The Bertz CT molecular complexity index is 857. The molecule has 5 N–H and O–H groups in total. The number of amides is 2. The Balaban J connectivity index is 1.89. The van der Waals surface area contributed by atoms with E-state index < -0.39 is 6.04 Å². The molecule has 0 aliphatic rings. The Morgan fingerprint density at radius 3 is 2.50 bits per heavy atom. The van der Waals surface area contributed by atoms with E-state index in [1.807, 2.05) is 31.2 Å². The zero-order chi connectivity index (χ0) is 23.3. The van der Waals surface area contributed by atoms with Crippen molar-refractivity contribution in [2.75, 3.05) is 12.3 Å². The van der Waals surface area contributed by atoms with Crippen molar-refractivity contribution in [2.45, 2.75) is 71.5 Å². The molecule has 0 spiro atoms. The molecule has 1 heterocycles. The maximum atomic E-state index is 12.9. The summed E-state index contributed by atoms with van der Waals surface area (Å²) in [6, 6.07) is 12.7. The number of aryl methyl sites for hydroxylation is 2. The lowest BCUT2D eigenvalue weighted by atomic mass is 10.0. The number of unbranched alkanes of at least 4 members (excludes halogenated alkanes) is 2. The molecule has 0 saturated heterocycles. The predicted octanol–water partition coefficient (Wildman–Crippen LogP) is 2.87. The normalized spacial score (nSPS) is 12.7. The highest BCUT2D eigenvalue weighted by atomic mass is 16.2. The fourth-order valence-electron chi connectivity index (χ4n) is 3.44. The summed E-state index contributed by atoms with van der Waals surface area (Å²) in [6.45, 7) is 6.83. The van der Waals surface area contributed by atoms with E-state index in [1.165, 1.54) is 5.56 Å². The van der Waals surface area contributed by atoms with Gasteiger partial charge in [-0.25, -0.2) is 4.98 Å². The summed E-state index contributed by atoms with van der Waals surface area (Å²) < 4.78 is 0. The van der Waals surface area contributed by atoms with Gasteiger partial charge >= 0.3 is 0 Å². The van der Waals surface area contributed by atoms with E-state index in [0.717, 1.165) is 43.5 Å². The molecule has 7 nitrogen and oxygen atoms in total. The van der Waals surface area contributed by atoms with Gasteiger partial charge in [0.1, 0.15) is 11.9 Å². The Hall–Kier alpha value is -2.93. The summed E-state index contributed by atoms with van der Waals surface area (Å²) in [5.74, 6) is 0.0685. The minimum Gasteiger partial charge on any atom is -0.384 e. The number of nitrogens with zero attached hydrogens (tertiary/aromatic N) is 1. The van der Waals surface area contributed by atoms with Gasteiger partial charge in [-0.1, -0.05) is 56.2 Å². The Morgan fingerprint density at radius 1 is 1.06 bits per heavy atom. The van der Waals surface area contributed by atoms with Gasteiger partial charge in [0.05, 0.1) is 6.04 Å². The molecule has 2 atom stereocenters. The van der Waals surface area contributed by atoms with Gasteiger partial charge in [0, 0.05) is 12.2 Å². The average Bonchev–Trinajstić information content (AvgIpc) is 2.78. The third-order valence-electron chi connectivity index (χ3n) is 5.47. The summed E-state index contributed by atoms with van der Waals surface area (Å²) in [5.41, 5.74) is 8.54. The van der Waals surface area contributed by atoms with Crippen molar-refractivity contribution in [3.05, 3.63) is 59.3 Å². The number of nitrogen functional groups attached to an aromatic ring is 1. The summed E-state index contributed by atoms with van der Waals surface area (Å²) in [5, 5.41) is 9.11. The van der Waals surface area contributed by atoms with Crippen LogP contribution in [0.1, 0.15) is 56.4 Å². The molecule has 2 aromatic rings. The molecule has 7 heteroatoms. The summed E-state index contributed by atoms with van der Waals surface area (Å²) in [6.07, 6.45) is 4.74. The molecule has 0 bridgehead atoms. The van der Waals surface area contributed by atoms with Crippen LogP contribution in [0.3, 0.4) is 0 Å². The minimum atomic E-state index is -0.638. The van der Waals surface area contributed by atoms with Crippen LogP contribution in [-0.2, 0) is 22.6 Å². The van der Waals surface area contributed by atoms with Crippen LogP contribution in [0.25, 0.3) is 0 Å². The van der Waals surface area contributed by atoms with Crippen molar-refractivity contribution in [3.8, 4) is 0 Å². The molecule has 2 unspecified atom stereocenters. The number of carbonyl (C=O) groups excluding carboxylic acids is 2. The molecule has 2 amide bonds. The van der Waals surface area contributed by atoms with E-state index in [1.54, 1.807) is 13.0 Å². The van der Waals surface area contributed by atoms with Gasteiger partial charge < -0.3 is 21.7 Å². The topological polar surface area (TPSA) is 109 Å². The maximum absolute atomic E-state index is 12.9. The van der Waals surface area contributed by atoms with E-state index in [-0.39, 0.29) is 17.9 Å². The summed E-state index contributed by atoms with van der Waals surface area (Å²) >= 11 is 0. The van der Waals surface area contributed by atoms with E-state index in [0.29, 0.717) is 18.8 Å². The number of nitrogens with one attached hydrogen (secondary N) is 3. The van der Waals surface area contributed by atoms with E-state index in [4.69, 9.17) is 5.73 Å². The number of aromatic nitrogens is 1. The third kappa shape index (κ3) is 8.67. The summed E-state index contributed by atoms with van der Waals surface area (Å²) in [7, 11) is 0. The van der Waals surface area contributed by atoms with Gasteiger partial charge in [0.2, 0.25) is 11.8 Å². The lowest BCUT2D eigenvalue weighted by Crippen LogP contribution is -2.51. The smallest absolute Gasteiger partial charge is 0.242 e. The molecule has 174 valence electrons. The SMILES string of the molecule is CCCCCNC(CCc1ccccc1)C(=O)NC(C)C(=O)NCc1ccc(N)nc1C. The molecule has 0 radical (unpaired) electrons. The number of hydrogen-bond acceptors (Lipinski definition) is 5. The Morgan fingerprint density at radius 2 is 1.81 bits per heavy atom. The molecule has 0 saturated carbocycles. The van der Waals surface area contributed by atoms with Crippen LogP contribution in [-0.4, -0.2) is 35.4 Å². The van der Waals surface area contributed by atoms with Gasteiger partial charge in [-0.05, 0) is 56.8 Å². The Kier molecular flexibility index (Phi) is 10.7. The van der Waals surface area contributed by atoms with E-state index in [9.17, 15) is 9.59 Å². The van der Waals surface area contributed by atoms with Crippen molar-refractivity contribution in [1.82, 2.24) is 20.9 Å². The largest absolute Gasteiger partial charge is 0.384 e. The fraction of sp³-hybridized carbons (Fsp3) is 0.480. The van der Waals surface area contributed by atoms with Crippen LogP contribution in [0.4, 0.5) is 5.82 Å². The number of carbonyl (C=O) groups is 2. The van der Waals surface area contributed by atoms with Crippen LogP contribution < -0.4 is 21.7 Å². The highest BCUT2D eigenvalue weighted by Crippen LogP contribution is 2.08. The lowest BCUT2D eigenvalue weighted by molar-refractivity contribution is -0.129. The van der Waals surface area contributed by atoms with Crippen LogP contribution in [0, 0.1) is 6.92 Å². The van der Waals surface area contributed by atoms with Gasteiger partial charge in [-0.3, -0.25) is 9.59 Å². The van der Waals surface area contributed by atoms with E-state index in [2.05, 4.69) is 40.0 Å². The van der Waals surface area contributed by atoms with Crippen LogP contribution >= 0.6 is 0 Å². The van der Waals surface area contributed by atoms with Crippen molar-refractivity contribution in [3.63, 3.8) is 0 Å². The number of benzene rings is 1. The van der Waals surface area contributed by atoms with Crippen LogP contribution in [0.5, 0.6) is 0 Å². The van der Waals surface area contributed by atoms with Gasteiger partial charge in [-0.15, -0.1) is 0 Å². The third-order valence-corrected chi connectivity index (χ3v) is 5.47. The Labute approximate surface area is 191 Å². The molecule has 1 aromatic carbocycles. The monoisotopic (exact) mass is 439 g/mol. The zero-order valence-electron chi connectivity index (χ0n) is 19.5.